The van der Waals surface area contributed by atoms with Crippen LogP contribution in [-0.2, 0) is 28.1 Å². The standard InChI is InChI=1S/C26H34F6N4O2/c1-15(2)13-35(22(38)16-9-17(25(27,28)29)11-18(10-16)26(30,31)32)14-21(37)33-20-12-19(23(3,4)5)34-36(20)24(6,7)8/h9-12,15H,13-14H2,1-8H3,(H,33,37). The first-order valence-electron chi connectivity index (χ1n) is 12.0. The highest BCUT2D eigenvalue weighted by molar-refractivity contribution is 5.99. The fraction of sp³-hybridized carbons (Fsp3) is 0.577. The Morgan fingerprint density at radius 1 is 0.895 bits per heavy atom. The third kappa shape index (κ3) is 7.97. The molecule has 1 N–H and O–H groups in total. The molecule has 2 rings (SSSR count). The van der Waals surface area contributed by atoms with Gasteiger partial charge in [-0.1, -0.05) is 34.6 Å². The monoisotopic (exact) mass is 548 g/mol. The van der Waals surface area contributed by atoms with Gasteiger partial charge in [0.2, 0.25) is 5.91 Å². The topological polar surface area (TPSA) is 67.2 Å². The van der Waals surface area contributed by atoms with Gasteiger partial charge in [0.25, 0.3) is 5.91 Å². The lowest BCUT2D eigenvalue weighted by Crippen LogP contribution is -2.41. The van der Waals surface area contributed by atoms with Crippen molar-refractivity contribution in [2.45, 2.75) is 78.7 Å². The molecular weight excluding hydrogens is 514 g/mol. The van der Waals surface area contributed by atoms with Crippen LogP contribution in [0.25, 0.3) is 0 Å². The van der Waals surface area contributed by atoms with E-state index in [1.165, 1.54) is 0 Å². The largest absolute Gasteiger partial charge is 0.416 e. The molecule has 12 heteroatoms. The number of amides is 2. The second kappa shape index (κ2) is 10.6. The Hall–Kier alpha value is -3.05. The minimum absolute atomic E-state index is 0.0449. The second-order valence-corrected chi connectivity index (χ2v) is 11.7. The molecule has 1 aromatic heterocycles. The molecule has 1 aromatic carbocycles. The van der Waals surface area contributed by atoms with Crippen molar-refractivity contribution >= 4 is 17.6 Å². The Morgan fingerprint density at radius 3 is 1.79 bits per heavy atom. The number of benzene rings is 1. The average Bonchev–Trinajstić information content (AvgIpc) is 3.15. The molecular formula is C26H34F6N4O2. The first kappa shape index (κ1) is 31.2. The maximum Gasteiger partial charge on any atom is 0.416 e. The summed E-state index contributed by atoms with van der Waals surface area (Å²) in [6.45, 7) is 14.2. The van der Waals surface area contributed by atoms with Crippen LogP contribution in [0.3, 0.4) is 0 Å². The zero-order valence-electron chi connectivity index (χ0n) is 22.7. The van der Waals surface area contributed by atoms with E-state index in [0.717, 1.165) is 4.90 Å². The van der Waals surface area contributed by atoms with E-state index in [9.17, 15) is 35.9 Å². The van der Waals surface area contributed by atoms with E-state index < -0.39 is 52.9 Å². The van der Waals surface area contributed by atoms with Crippen LogP contribution in [0.2, 0.25) is 0 Å². The summed E-state index contributed by atoms with van der Waals surface area (Å²) in [5.41, 5.74) is -4.18. The lowest BCUT2D eigenvalue weighted by atomic mass is 9.92. The summed E-state index contributed by atoms with van der Waals surface area (Å²) >= 11 is 0. The molecule has 1 heterocycles. The number of aromatic nitrogens is 2. The summed E-state index contributed by atoms with van der Waals surface area (Å²) < 4.78 is 81.5. The van der Waals surface area contributed by atoms with E-state index in [4.69, 9.17) is 0 Å². The number of rotatable bonds is 6. The maximum atomic E-state index is 13.3. The molecule has 2 amide bonds. The maximum absolute atomic E-state index is 13.3. The predicted octanol–water partition coefficient (Wildman–Crippen LogP) is 6.71. The summed E-state index contributed by atoms with van der Waals surface area (Å²) in [4.78, 5) is 27.1. The van der Waals surface area contributed by atoms with Crippen LogP contribution < -0.4 is 5.32 Å². The number of nitrogens with zero attached hydrogens (tertiary/aromatic N) is 3. The van der Waals surface area contributed by atoms with Crippen LogP contribution in [0, 0.1) is 5.92 Å². The van der Waals surface area contributed by atoms with Crippen molar-refractivity contribution in [3.8, 4) is 0 Å². The summed E-state index contributed by atoms with van der Waals surface area (Å²) in [5.74, 6) is -1.67. The van der Waals surface area contributed by atoms with Gasteiger partial charge in [-0.25, -0.2) is 4.68 Å². The Bertz CT molecular complexity index is 1140. The molecule has 212 valence electrons. The van der Waals surface area contributed by atoms with Gasteiger partial charge in [-0.2, -0.15) is 31.4 Å². The van der Waals surface area contributed by atoms with Gasteiger partial charge < -0.3 is 10.2 Å². The van der Waals surface area contributed by atoms with E-state index in [1.807, 2.05) is 41.5 Å². The molecule has 0 aliphatic carbocycles. The molecule has 0 aliphatic rings. The third-order valence-electron chi connectivity index (χ3n) is 5.42. The predicted molar refractivity (Wildman–Crippen MR) is 132 cm³/mol. The van der Waals surface area contributed by atoms with Gasteiger partial charge >= 0.3 is 12.4 Å². The fourth-order valence-electron chi connectivity index (χ4n) is 3.62. The molecule has 0 radical (unpaired) electrons. The van der Waals surface area contributed by atoms with Gasteiger partial charge in [-0.3, -0.25) is 9.59 Å². The number of anilines is 1. The van der Waals surface area contributed by atoms with Crippen molar-refractivity contribution in [2.24, 2.45) is 5.92 Å². The fourth-order valence-corrected chi connectivity index (χ4v) is 3.62. The molecule has 0 saturated heterocycles. The molecule has 0 atom stereocenters. The van der Waals surface area contributed by atoms with Gasteiger partial charge in [-0.05, 0) is 44.9 Å². The van der Waals surface area contributed by atoms with Crippen molar-refractivity contribution in [3.05, 3.63) is 46.6 Å². The highest BCUT2D eigenvalue weighted by Crippen LogP contribution is 2.36. The molecule has 38 heavy (non-hydrogen) atoms. The van der Waals surface area contributed by atoms with Crippen molar-refractivity contribution in [3.63, 3.8) is 0 Å². The zero-order chi connectivity index (χ0) is 29.4. The van der Waals surface area contributed by atoms with Crippen LogP contribution in [0.15, 0.2) is 24.3 Å². The number of alkyl halides is 6. The minimum Gasteiger partial charge on any atom is -0.329 e. The average molecular weight is 549 g/mol. The van der Waals surface area contributed by atoms with E-state index in [-0.39, 0.29) is 23.9 Å². The van der Waals surface area contributed by atoms with Crippen molar-refractivity contribution < 1.29 is 35.9 Å². The van der Waals surface area contributed by atoms with E-state index >= 15 is 0 Å². The van der Waals surface area contributed by atoms with Gasteiger partial charge in [0.1, 0.15) is 12.4 Å². The molecule has 0 bridgehead atoms. The van der Waals surface area contributed by atoms with E-state index in [2.05, 4.69) is 10.4 Å². The number of carbonyl (C=O) groups excluding carboxylic acids is 2. The molecule has 0 fully saturated rings. The van der Waals surface area contributed by atoms with E-state index in [1.54, 1.807) is 24.6 Å². The Balaban J connectivity index is 2.44. The quantitative estimate of drug-likeness (QED) is 0.408. The summed E-state index contributed by atoms with van der Waals surface area (Å²) in [6.07, 6.45) is -10.2. The van der Waals surface area contributed by atoms with Crippen molar-refractivity contribution in [1.29, 1.82) is 0 Å². The Morgan fingerprint density at radius 2 is 1.39 bits per heavy atom. The molecule has 0 saturated carbocycles. The SMILES string of the molecule is CC(C)CN(CC(=O)Nc1cc(C(C)(C)C)nn1C(C)(C)C)C(=O)c1cc(C(F)(F)F)cc(C(F)(F)F)c1. The van der Waals surface area contributed by atoms with Crippen molar-refractivity contribution in [2.75, 3.05) is 18.4 Å². The minimum atomic E-state index is -5.10. The third-order valence-corrected chi connectivity index (χ3v) is 5.42. The van der Waals surface area contributed by atoms with Crippen LogP contribution in [0.4, 0.5) is 32.2 Å². The Kier molecular flexibility index (Phi) is 8.70. The number of nitrogens with one attached hydrogen (secondary N) is 1. The van der Waals surface area contributed by atoms with Gasteiger partial charge in [0.05, 0.1) is 22.4 Å². The summed E-state index contributed by atoms with van der Waals surface area (Å²) in [6, 6.07) is 2.39. The smallest absolute Gasteiger partial charge is 0.329 e. The number of hydrogen-bond acceptors (Lipinski definition) is 3. The highest BCUT2D eigenvalue weighted by atomic mass is 19.4. The summed E-state index contributed by atoms with van der Waals surface area (Å²) in [7, 11) is 0. The zero-order valence-corrected chi connectivity index (χ0v) is 22.7. The molecule has 0 spiro atoms. The van der Waals surface area contributed by atoms with Gasteiger partial charge in [0, 0.05) is 23.6 Å². The summed E-state index contributed by atoms with van der Waals surface area (Å²) in [5, 5.41) is 7.29. The Labute approximate surface area is 218 Å². The molecule has 0 aliphatic heterocycles. The normalized spacial score (nSPS) is 13.1. The number of hydrogen-bond donors (Lipinski definition) is 1. The van der Waals surface area contributed by atoms with Crippen LogP contribution in [0.5, 0.6) is 0 Å². The molecule has 6 nitrogen and oxygen atoms in total. The van der Waals surface area contributed by atoms with Crippen LogP contribution in [0.1, 0.15) is 82.6 Å². The van der Waals surface area contributed by atoms with Crippen molar-refractivity contribution in [1.82, 2.24) is 14.7 Å². The van der Waals surface area contributed by atoms with Gasteiger partial charge in [0.15, 0.2) is 0 Å². The number of halogens is 6. The molecule has 0 unspecified atom stereocenters. The highest BCUT2D eigenvalue weighted by Gasteiger charge is 2.38. The first-order chi connectivity index (χ1) is 17.0. The van der Waals surface area contributed by atoms with Crippen LogP contribution in [-0.4, -0.2) is 39.6 Å². The van der Waals surface area contributed by atoms with Gasteiger partial charge in [-0.15, -0.1) is 0 Å². The first-order valence-corrected chi connectivity index (χ1v) is 12.0. The lowest BCUT2D eigenvalue weighted by molar-refractivity contribution is -0.143. The van der Waals surface area contributed by atoms with Crippen LogP contribution >= 0.6 is 0 Å². The number of carbonyl (C=O) groups is 2. The lowest BCUT2D eigenvalue weighted by Gasteiger charge is -2.26. The van der Waals surface area contributed by atoms with E-state index in [0.29, 0.717) is 23.6 Å². The second-order valence-electron chi connectivity index (χ2n) is 11.7. The molecule has 2 aromatic rings.